The molecule has 2 atom stereocenters. The lowest BCUT2D eigenvalue weighted by molar-refractivity contribution is -0.123. The summed E-state index contributed by atoms with van der Waals surface area (Å²) < 4.78 is 31.3. The van der Waals surface area contributed by atoms with Gasteiger partial charge in [-0.25, -0.2) is 4.39 Å². The number of fused-ring (bicyclic) bond motifs is 7. The number of carbonyl (C=O) groups is 3. The maximum absolute atomic E-state index is 13.8. The van der Waals surface area contributed by atoms with Gasteiger partial charge in [0.2, 0.25) is 0 Å². The zero-order valence-electron chi connectivity index (χ0n) is 25.0. The number of benzene rings is 4. The minimum atomic E-state index is -0.657. The van der Waals surface area contributed by atoms with Crippen LogP contribution in [0.1, 0.15) is 32.7 Å². The van der Waals surface area contributed by atoms with Gasteiger partial charge < -0.3 is 34.9 Å². The van der Waals surface area contributed by atoms with Crippen molar-refractivity contribution in [2.24, 2.45) is 0 Å². The second-order valence-electron chi connectivity index (χ2n) is 11.1. The standard InChI is InChI=1S/C35H32FN3O7/c1-44-31-12-7-23-16-28(31)22-3-2-4-26(15-22)45-20-33(41)37-18-21-5-9-25(10-6-21)46-32-13-14-39(19-29(32)38-34(23)42)35(43)27-11-8-24(36)17-30(27)40/h2-12,15-17,29,32,40H,13-14,18-20H2,1H3,(H,37,41)(H,38,42)/t29-,32-/m1/s1. The van der Waals surface area contributed by atoms with Gasteiger partial charge in [0.05, 0.1) is 18.7 Å². The zero-order valence-corrected chi connectivity index (χ0v) is 25.0. The number of phenolic OH excluding ortho intramolecular Hbond substituents is 1. The number of phenols is 1. The molecule has 0 unspecified atom stereocenters. The second kappa shape index (κ2) is 13.2. The highest BCUT2D eigenvalue weighted by molar-refractivity contribution is 5.98. The molecule has 0 spiro atoms. The van der Waals surface area contributed by atoms with Crippen molar-refractivity contribution in [1.82, 2.24) is 15.5 Å². The van der Waals surface area contributed by atoms with Gasteiger partial charge in [-0.15, -0.1) is 0 Å². The molecule has 11 heteroatoms. The molecule has 10 nitrogen and oxygen atoms in total. The Bertz CT molecular complexity index is 1780. The highest BCUT2D eigenvalue weighted by atomic mass is 19.1. The quantitative estimate of drug-likeness (QED) is 0.303. The number of hydrogen-bond acceptors (Lipinski definition) is 7. The molecule has 236 valence electrons. The van der Waals surface area contributed by atoms with Crippen LogP contribution in [0.25, 0.3) is 11.1 Å². The largest absolute Gasteiger partial charge is 0.507 e. The molecule has 0 aromatic heterocycles. The van der Waals surface area contributed by atoms with Gasteiger partial charge in [-0.1, -0.05) is 24.3 Å². The summed E-state index contributed by atoms with van der Waals surface area (Å²) >= 11 is 0. The summed E-state index contributed by atoms with van der Waals surface area (Å²) in [5.74, 6) is -0.719. The van der Waals surface area contributed by atoms with E-state index in [0.29, 0.717) is 46.9 Å². The number of ether oxygens (including phenoxy) is 3. The van der Waals surface area contributed by atoms with Crippen molar-refractivity contribution in [2.45, 2.75) is 25.1 Å². The number of aromatic hydroxyl groups is 1. The Balaban J connectivity index is 1.34. The topological polar surface area (TPSA) is 126 Å². The van der Waals surface area contributed by atoms with Crippen LogP contribution in [0.4, 0.5) is 4.39 Å². The lowest BCUT2D eigenvalue weighted by atomic mass is 9.98. The number of nitrogens with one attached hydrogen (secondary N) is 2. The number of piperidine rings is 1. The van der Waals surface area contributed by atoms with Gasteiger partial charge in [-0.2, -0.15) is 0 Å². The summed E-state index contributed by atoms with van der Waals surface area (Å²) in [4.78, 5) is 41.2. The third kappa shape index (κ3) is 6.73. The minimum absolute atomic E-state index is 0.0345. The van der Waals surface area contributed by atoms with Gasteiger partial charge in [0.25, 0.3) is 17.7 Å². The van der Waals surface area contributed by atoms with E-state index in [1.165, 1.54) is 18.1 Å². The summed E-state index contributed by atoms with van der Waals surface area (Å²) in [5.41, 5.74) is 2.52. The van der Waals surface area contributed by atoms with Crippen molar-refractivity contribution < 1.29 is 38.1 Å². The molecule has 1 fully saturated rings. The van der Waals surface area contributed by atoms with Crippen LogP contribution in [0, 0.1) is 5.82 Å². The highest BCUT2D eigenvalue weighted by Gasteiger charge is 2.35. The lowest BCUT2D eigenvalue weighted by Gasteiger charge is -2.39. The van der Waals surface area contributed by atoms with Gasteiger partial charge in [0, 0.05) is 43.2 Å². The number of carbonyl (C=O) groups excluding carboxylic acids is 3. The van der Waals surface area contributed by atoms with Crippen LogP contribution in [0.3, 0.4) is 0 Å². The van der Waals surface area contributed by atoms with Crippen LogP contribution in [0.2, 0.25) is 0 Å². The zero-order chi connectivity index (χ0) is 32.2. The smallest absolute Gasteiger partial charge is 0.258 e. The molecule has 46 heavy (non-hydrogen) atoms. The van der Waals surface area contributed by atoms with Gasteiger partial charge in [0.15, 0.2) is 6.61 Å². The van der Waals surface area contributed by atoms with Crippen LogP contribution >= 0.6 is 0 Å². The molecule has 3 aliphatic rings. The fourth-order valence-corrected chi connectivity index (χ4v) is 5.59. The molecule has 6 bridgehead atoms. The predicted octanol–water partition coefficient (Wildman–Crippen LogP) is 4.31. The molecule has 3 N–H and O–H groups in total. The monoisotopic (exact) mass is 625 g/mol. The van der Waals surface area contributed by atoms with E-state index in [2.05, 4.69) is 10.6 Å². The SMILES string of the molecule is COc1ccc2cc1-c1cccc(c1)OCC(=O)NCc1ccc(cc1)O[C@@H]1CCN(C(=O)c3ccc(F)cc3O)C[C@H]1NC2=O. The first-order chi connectivity index (χ1) is 22.3. The van der Waals surface area contributed by atoms with E-state index in [1.807, 2.05) is 18.2 Å². The summed E-state index contributed by atoms with van der Waals surface area (Å²) in [7, 11) is 1.54. The normalized spacial score (nSPS) is 18.3. The Morgan fingerprint density at radius 3 is 2.59 bits per heavy atom. The van der Waals surface area contributed by atoms with E-state index in [-0.39, 0.29) is 31.2 Å². The van der Waals surface area contributed by atoms with Crippen molar-refractivity contribution in [1.29, 1.82) is 0 Å². The summed E-state index contributed by atoms with van der Waals surface area (Å²) in [6, 6.07) is 22.0. The van der Waals surface area contributed by atoms with E-state index in [1.54, 1.807) is 48.5 Å². The first kappa shape index (κ1) is 30.4. The Hall–Kier alpha value is -5.58. The third-order valence-corrected chi connectivity index (χ3v) is 8.02. The molecular weight excluding hydrogens is 593 g/mol. The molecule has 0 saturated carbocycles. The van der Waals surface area contributed by atoms with Crippen LogP contribution < -0.4 is 24.8 Å². The third-order valence-electron chi connectivity index (χ3n) is 8.02. The molecule has 3 aliphatic heterocycles. The minimum Gasteiger partial charge on any atom is -0.507 e. The average Bonchev–Trinajstić information content (AvgIpc) is 3.07. The lowest BCUT2D eigenvalue weighted by Crippen LogP contribution is -2.58. The molecule has 4 aromatic carbocycles. The maximum atomic E-state index is 13.8. The molecule has 0 radical (unpaired) electrons. The van der Waals surface area contributed by atoms with Crippen molar-refractivity contribution in [3.63, 3.8) is 0 Å². The molecule has 1 saturated heterocycles. The number of likely N-dealkylation sites (tertiary alicyclic amines) is 1. The van der Waals surface area contributed by atoms with Gasteiger partial charge >= 0.3 is 0 Å². The second-order valence-corrected chi connectivity index (χ2v) is 11.1. The van der Waals surface area contributed by atoms with E-state index in [9.17, 15) is 23.9 Å². The van der Waals surface area contributed by atoms with Crippen LogP contribution in [-0.4, -0.2) is 66.7 Å². The molecule has 3 amide bonds. The summed E-state index contributed by atoms with van der Waals surface area (Å²) in [6.45, 7) is 0.482. The number of rotatable bonds is 2. The Morgan fingerprint density at radius 1 is 0.978 bits per heavy atom. The van der Waals surface area contributed by atoms with Gasteiger partial charge in [0.1, 0.15) is 34.9 Å². The van der Waals surface area contributed by atoms with E-state index >= 15 is 0 Å². The molecule has 7 rings (SSSR count). The number of halogens is 1. The number of methoxy groups -OCH3 is 1. The van der Waals surface area contributed by atoms with E-state index in [4.69, 9.17) is 14.2 Å². The highest BCUT2D eigenvalue weighted by Crippen LogP contribution is 2.33. The van der Waals surface area contributed by atoms with Crippen LogP contribution in [-0.2, 0) is 11.3 Å². The fourth-order valence-electron chi connectivity index (χ4n) is 5.59. The number of hydrogen-bond donors (Lipinski definition) is 3. The summed E-state index contributed by atoms with van der Waals surface area (Å²) in [6.07, 6.45) is -0.130. The number of amides is 3. The van der Waals surface area contributed by atoms with E-state index in [0.717, 1.165) is 17.7 Å². The fraction of sp³-hybridized carbons (Fsp3) is 0.229. The maximum Gasteiger partial charge on any atom is 0.258 e. The average molecular weight is 626 g/mol. The first-order valence-electron chi connectivity index (χ1n) is 14.8. The van der Waals surface area contributed by atoms with Crippen LogP contribution in [0.5, 0.6) is 23.0 Å². The van der Waals surface area contributed by atoms with Crippen molar-refractivity contribution in [3.8, 4) is 34.1 Å². The van der Waals surface area contributed by atoms with Crippen molar-refractivity contribution in [3.05, 3.63) is 107 Å². The Labute approximate surface area is 264 Å². The Morgan fingerprint density at radius 2 is 1.80 bits per heavy atom. The molecule has 3 heterocycles. The molecular formula is C35H32FN3O7. The van der Waals surface area contributed by atoms with Crippen molar-refractivity contribution >= 4 is 17.7 Å². The first-order valence-corrected chi connectivity index (χ1v) is 14.8. The van der Waals surface area contributed by atoms with Gasteiger partial charge in [-0.05, 0) is 65.7 Å². The van der Waals surface area contributed by atoms with Crippen molar-refractivity contribution in [2.75, 3.05) is 26.8 Å². The van der Waals surface area contributed by atoms with Gasteiger partial charge in [-0.3, -0.25) is 14.4 Å². The van der Waals surface area contributed by atoms with Crippen LogP contribution in [0.15, 0.2) is 84.9 Å². The predicted molar refractivity (Wildman–Crippen MR) is 166 cm³/mol. The van der Waals surface area contributed by atoms with E-state index < -0.39 is 35.5 Å². The molecule has 4 aromatic rings. The summed E-state index contributed by atoms with van der Waals surface area (Å²) in [5, 5.41) is 16.2. The Kier molecular flexibility index (Phi) is 8.73. The number of nitrogens with zero attached hydrogens (tertiary/aromatic N) is 1. The molecule has 0 aliphatic carbocycles.